The summed E-state index contributed by atoms with van der Waals surface area (Å²) in [5, 5.41) is 0. The summed E-state index contributed by atoms with van der Waals surface area (Å²) in [6.45, 7) is 2.32. The van der Waals surface area contributed by atoms with Crippen LogP contribution >= 0.6 is 0 Å². The predicted molar refractivity (Wildman–Crippen MR) is 71.7 cm³/mol. The molecule has 1 fully saturated rings. The van der Waals surface area contributed by atoms with Gasteiger partial charge in [-0.05, 0) is 18.4 Å². The number of imide groups is 1. The molecular weight excluding hydrogens is 242 g/mol. The van der Waals surface area contributed by atoms with E-state index in [1.165, 1.54) is 4.90 Å². The van der Waals surface area contributed by atoms with E-state index in [9.17, 15) is 9.59 Å². The largest absolute Gasteiger partial charge is 0.447 e. The number of hydrogen-bond donors (Lipinski definition) is 0. The first-order valence-corrected chi connectivity index (χ1v) is 6.75. The van der Waals surface area contributed by atoms with Gasteiger partial charge in [-0.25, -0.2) is 9.69 Å². The van der Waals surface area contributed by atoms with E-state index in [-0.39, 0.29) is 11.9 Å². The SMILES string of the molecule is CCCCC(=O)N1C(=O)OC[C@H]1Cc1ccccc1. The van der Waals surface area contributed by atoms with E-state index >= 15 is 0 Å². The zero-order chi connectivity index (χ0) is 13.7. The third kappa shape index (κ3) is 3.34. The summed E-state index contributed by atoms with van der Waals surface area (Å²) in [5.41, 5.74) is 1.11. The van der Waals surface area contributed by atoms with Crippen LogP contribution in [-0.4, -0.2) is 29.5 Å². The van der Waals surface area contributed by atoms with Crippen LogP contribution in [0.5, 0.6) is 0 Å². The second kappa shape index (κ2) is 6.36. The zero-order valence-electron chi connectivity index (χ0n) is 11.2. The van der Waals surface area contributed by atoms with Crippen LogP contribution in [0.2, 0.25) is 0 Å². The van der Waals surface area contributed by atoms with E-state index in [2.05, 4.69) is 0 Å². The smallest absolute Gasteiger partial charge is 0.416 e. The molecule has 0 aliphatic carbocycles. The molecule has 1 atom stereocenters. The molecule has 0 spiro atoms. The Balaban J connectivity index is 2.03. The fourth-order valence-corrected chi connectivity index (χ4v) is 2.25. The Morgan fingerprint density at radius 3 is 2.79 bits per heavy atom. The number of cyclic esters (lactones) is 1. The molecule has 4 heteroatoms. The Hall–Kier alpha value is -1.84. The van der Waals surface area contributed by atoms with Gasteiger partial charge in [-0.1, -0.05) is 43.7 Å². The lowest BCUT2D eigenvalue weighted by Gasteiger charge is -2.19. The molecule has 4 nitrogen and oxygen atoms in total. The van der Waals surface area contributed by atoms with Gasteiger partial charge in [0.25, 0.3) is 0 Å². The summed E-state index contributed by atoms with van der Waals surface area (Å²) in [6.07, 6.45) is 2.32. The number of hydrogen-bond acceptors (Lipinski definition) is 3. The monoisotopic (exact) mass is 261 g/mol. The van der Waals surface area contributed by atoms with Gasteiger partial charge in [0, 0.05) is 6.42 Å². The van der Waals surface area contributed by atoms with Gasteiger partial charge in [0.1, 0.15) is 6.61 Å². The highest BCUT2D eigenvalue weighted by atomic mass is 16.6. The number of carbonyl (C=O) groups is 2. The molecule has 0 saturated carbocycles. The second-order valence-corrected chi connectivity index (χ2v) is 4.79. The van der Waals surface area contributed by atoms with Gasteiger partial charge in [-0.2, -0.15) is 0 Å². The summed E-state index contributed by atoms with van der Waals surface area (Å²) < 4.78 is 5.02. The van der Waals surface area contributed by atoms with Gasteiger partial charge in [-0.15, -0.1) is 0 Å². The number of rotatable bonds is 5. The van der Waals surface area contributed by atoms with Crippen LogP contribution in [0.3, 0.4) is 0 Å². The highest BCUT2D eigenvalue weighted by Crippen LogP contribution is 2.19. The average molecular weight is 261 g/mol. The lowest BCUT2D eigenvalue weighted by atomic mass is 10.1. The molecule has 1 saturated heterocycles. The Morgan fingerprint density at radius 2 is 2.11 bits per heavy atom. The van der Waals surface area contributed by atoms with E-state index in [4.69, 9.17) is 4.74 Å². The first-order chi connectivity index (χ1) is 9.22. The molecule has 0 unspecified atom stereocenters. The molecule has 0 N–H and O–H groups in total. The molecule has 0 aromatic heterocycles. The summed E-state index contributed by atoms with van der Waals surface area (Å²) >= 11 is 0. The molecule has 1 aliphatic heterocycles. The highest BCUT2D eigenvalue weighted by molar-refractivity contribution is 5.93. The topological polar surface area (TPSA) is 46.6 Å². The minimum absolute atomic E-state index is 0.120. The van der Waals surface area contributed by atoms with E-state index in [0.717, 1.165) is 18.4 Å². The van der Waals surface area contributed by atoms with Crippen molar-refractivity contribution in [3.05, 3.63) is 35.9 Å². The van der Waals surface area contributed by atoms with Crippen LogP contribution < -0.4 is 0 Å². The predicted octanol–water partition coefficient (Wildman–Crippen LogP) is 2.77. The van der Waals surface area contributed by atoms with Crippen LogP contribution in [0.4, 0.5) is 4.79 Å². The number of nitrogens with zero attached hydrogens (tertiary/aromatic N) is 1. The number of amides is 2. The quantitative estimate of drug-likeness (QED) is 0.818. The van der Waals surface area contributed by atoms with E-state index < -0.39 is 6.09 Å². The molecule has 1 aliphatic rings. The van der Waals surface area contributed by atoms with E-state index in [1.807, 2.05) is 37.3 Å². The summed E-state index contributed by atoms with van der Waals surface area (Å²) in [7, 11) is 0. The number of benzene rings is 1. The first-order valence-electron chi connectivity index (χ1n) is 6.75. The van der Waals surface area contributed by atoms with Gasteiger partial charge >= 0.3 is 6.09 Å². The molecule has 1 aromatic carbocycles. The second-order valence-electron chi connectivity index (χ2n) is 4.79. The van der Waals surface area contributed by atoms with Crippen molar-refractivity contribution >= 4 is 12.0 Å². The standard InChI is InChI=1S/C15H19NO3/c1-2-3-9-14(17)16-13(11-19-15(16)18)10-12-7-5-4-6-8-12/h4-8,13H,2-3,9-11H2,1H3/t13-/m1/s1. The molecule has 2 rings (SSSR count). The minimum atomic E-state index is -0.498. The van der Waals surface area contributed by atoms with Crippen molar-refractivity contribution in [2.45, 2.75) is 38.6 Å². The van der Waals surface area contributed by atoms with Crippen molar-refractivity contribution in [2.75, 3.05) is 6.61 Å². The maximum Gasteiger partial charge on any atom is 0.416 e. The maximum atomic E-state index is 12.0. The number of ether oxygens (including phenoxy) is 1. The average Bonchev–Trinajstić information content (AvgIpc) is 2.78. The van der Waals surface area contributed by atoms with Crippen molar-refractivity contribution in [2.24, 2.45) is 0 Å². The van der Waals surface area contributed by atoms with Gasteiger partial charge in [0.15, 0.2) is 0 Å². The van der Waals surface area contributed by atoms with Crippen molar-refractivity contribution < 1.29 is 14.3 Å². The Bertz CT molecular complexity index is 444. The van der Waals surface area contributed by atoms with Crippen molar-refractivity contribution in [3.8, 4) is 0 Å². The fourth-order valence-electron chi connectivity index (χ4n) is 2.25. The van der Waals surface area contributed by atoms with Crippen LogP contribution in [0, 0.1) is 0 Å². The van der Waals surface area contributed by atoms with E-state index in [1.54, 1.807) is 0 Å². The molecule has 1 heterocycles. The third-order valence-electron chi connectivity index (χ3n) is 3.29. The molecule has 19 heavy (non-hydrogen) atoms. The Kier molecular flexibility index (Phi) is 4.55. The van der Waals surface area contributed by atoms with Gasteiger partial charge in [0.2, 0.25) is 5.91 Å². The summed E-state index contributed by atoms with van der Waals surface area (Å²) in [4.78, 5) is 25.0. The summed E-state index contributed by atoms with van der Waals surface area (Å²) in [6, 6.07) is 9.69. The van der Waals surface area contributed by atoms with Gasteiger partial charge in [0.05, 0.1) is 6.04 Å². The number of unbranched alkanes of at least 4 members (excludes halogenated alkanes) is 1. The molecule has 2 amide bonds. The molecular formula is C15H19NO3. The van der Waals surface area contributed by atoms with Gasteiger partial charge < -0.3 is 4.74 Å². The first kappa shape index (κ1) is 13.6. The molecule has 0 bridgehead atoms. The molecule has 1 aromatic rings. The van der Waals surface area contributed by atoms with Crippen LogP contribution in [0.15, 0.2) is 30.3 Å². The van der Waals surface area contributed by atoms with Crippen LogP contribution in [0.1, 0.15) is 31.7 Å². The molecule has 0 radical (unpaired) electrons. The highest BCUT2D eigenvalue weighted by Gasteiger charge is 2.37. The number of carbonyl (C=O) groups excluding carboxylic acids is 2. The zero-order valence-corrected chi connectivity index (χ0v) is 11.2. The van der Waals surface area contributed by atoms with Gasteiger partial charge in [-0.3, -0.25) is 4.79 Å². The molecule has 102 valence electrons. The maximum absolute atomic E-state index is 12.0. The van der Waals surface area contributed by atoms with Crippen molar-refractivity contribution in [1.82, 2.24) is 4.90 Å². The van der Waals surface area contributed by atoms with Crippen molar-refractivity contribution in [1.29, 1.82) is 0 Å². The lowest BCUT2D eigenvalue weighted by molar-refractivity contribution is -0.129. The summed E-state index contributed by atoms with van der Waals surface area (Å²) in [5.74, 6) is -0.120. The van der Waals surface area contributed by atoms with E-state index in [0.29, 0.717) is 19.4 Å². The minimum Gasteiger partial charge on any atom is -0.447 e. The Labute approximate surface area is 113 Å². The van der Waals surface area contributed by atoms with Crippen LogP contribution in [-0.2, 0) is 16.0 Å². The Morgan fingerprint density at radius 1 is 1.37 bits per heavy atom. The lowest BCUT2D eigenvalue weighted by Crippen LogP contribution is -2.40. The van der Waals surface area contributed by atoms with Crippen LogP contribution in [0.25, 0.3) is 0 Å². The van der Waals surface area contributed by atoms with Crippen molar-refractivity contribution in [3.63, 3.8) is 0 Å². The third-order valence-corrected chi connectivity index (χ3v) is 3.29. The normalized spacial score (nSPS) is 18.5. The fraction of sp³-hybridized carbons (Fsp3) is 0.467.